The van der Waals surface area contributed by atoms with Gasteiger partial charge in [-0.15, -0.1) is 0 Å². The lowest BCUT2D eigenvalue weighted by Crippen LogP contribution is -2.45. The molecule has 140 valence electrons. The number of amides is 1. The molecular weight excluding hydrogens is 344 g/mol. The highest BCUT2D eigenvalue weighted by atomic mass is 16.6. The van der Waals surface area contributed by atoms with Crippen molar-refractivity contribution in [2.75, 3.05) is 0 Å². The van der Waals surface area contributed by atoms with E-state index in [4.69, 9.17) is 4.74 Å². The molecule has 2 atom stereocenters. The molecule has 1 heterocycles. The van der Waals surface area contributed by atoms with Gasteiger partial charge in [-0.05, 0) is 17.5 Å². The average Bonchev–Trinajstić information content (AvgIpc) is 2.72. The second-order valence-corrected chi connectivity index (χ2v) is 6.40. The van der Waals surface area contributed by atoms with Crippen molar-refractivity contribution in [3.8, 4) is 0 Å². The van der Waals surface area contributed by atoms with Gasteiger partial charge in [0.05, 0.1) is 0 Å². The van der Waals surface area contributed by atoms with Gasteiger partial charge in [0, 0.05) is 17.0 Å². The van der Waals surface area contributed by atoms with E-state index in [1.807, 2.05) is 67.6 Å². The Kier molecular flexibility index (Phi) is 5.86. The first-order valence-corrected chi connectivity index (χ1v) is 8.99. The lowest BCUT2D eigenvalue weighted by atomic mass is 9.91. The summed E-state index contributed by atoms with van der Waals surface area (Å²) in [6.07, 6.45) is 2.09. The van der Waals surface area contributed by atoms with E-state index in [0.717, 1.165) is 16.8 Å². The molecule has 0 N–H and O–H groups in total. The third-order valence-electron chi connectivity index (χ3n) is 4.72. The molecule has 0 aliphatic carbocycles. The van der Waals surface area contributed by atoms with Gasteiger partial charge < -0.3 is 4.74 Å². The van der Waals surface area contributed by atoms with Gasteiger partial charge in [0.25, 0.3) is 0 Å². The van der Waals surface area contributed by atoms with Crippen LogP contribution in [0.1, 0.15) is 36.9 Å². The smallest absolute Gasteiger partial charge is 0.415 e. The summed E-state index contributed by atoms with van der Waals surface area (Å²) in [6.45, 7) is 2.05. The lowest BCUT2D eigenvalue weighted by Gasteiger charge is -2.37. The van der Waals surface area contributed by atoms with Crippen molar-refractivity contribution < 1.29 is 14.5 Å². The molecule has 0 radical (unpaired) electrons. The maximum Gasteiger partial charge on any atom is 0.415 e. The molecule has 0 saturated heterocycles. The summed E-state index contributed by atoms with van der Waals surface area (Å²) in [5.74, 6) is 0. The van der Waals surface area contributed by atoms with E-state index in [-0.39, 0.29) is 18.0 Å². The molecule has 0 spiro atoms. The van der Waals surface area contributed by atoms with Crippen molar-refractivity contribution in [3.63, 3.8) is 0 Å². The van der Waals surface area contributed by atoms with Crippen LogP contribution in [0.5, 0.6) is 0 Å². The minimum absolute atomic E-state index is 0.123. The Labute approximate surface area is 158 Å². The summed E-state index contributed by atoms with van der Waals surface area (Å²) < 4.78 is 5.50. The van der Waals surface area contributed by atoms with Crippen molar-refractivity contribution in [1.82, 2.24) is 4.90 Å². The van der Waals surface area contributed by atoms with E-state index in [1.165, 1.54) is 4.90 Å². The number of carbonyl (C=O) groups is 1. The molecule has 1 amide bonds. The normalized spacial score (nSPS) is 19.3. The first-order chi connectivity index (χ1) is 13.1. The molecule has 1 aliphatic heterocycles. The van der Waals surface area contributed by atoms with Gasteiger partial charge in [-0.3, -0.25) is 15.0 Å². The topological polar surface area (TPSA) is 72.7 Å². The van der Waals surface area contributed by atoms with Crippen LogP contribution in [0.3, 0.4) is 0 Å². The van der Waals surface area contributed by atoms with Crippen molar-refractivity contribution in [2.24, 2.45) is 0 Å². The summed E-state index contributed by atoms with van der Waals surface area (Å²) in [6, 6.07) is 16.9. The van der Waals surface area contributed by atoms with Crippen LogP contribution in [-0.2, 0) is 11.3 Å². The molecule has 0 saturated carbocycles. The van der Waals surface area contributed by atoms with Crippen LogP contribution in [0.2, 0.25) is 0 Å². The largest absolute Gasteiger partial charge is 0.444 e. The molecule has 6 heteroatoms. The van der Waals surface area contributed by atoms with Gasteiger partial charge in [0.15, 0.2) is 0 Å². The van der Waals surface area contributed by atoms with Crippen LogP contribution in [0, 0.1) is 10.1 Å². The third kappa shape index (κ3) is 4.16. The maximum absolute atomic E-state index is 12.9. The fraction of sp³-hybridized carbons (Fsp3) is 0.286. The molecular formula is C21H22N2O4. The molecule has 0 fully saturated rings. The van der Waals surface area contributed by atoms with Crippen LogP contribution in [-0.4, -0.2) is 22.0 Å². The Balaban J connectivity index is 1.91. The molecule has 3 rings (SSSR count). The fourth-order valence-electron chi connectivity index (χ4n) is 3.39. The van der Waals surface area contributed by atoms with Crippen LogP contribution in [0.15, 0.2) is 72.4 Å². The van der Waals surface area contributed by atoms with E-state index in [1.54, 1.807) is 6.08 Å². The lowest BCUT2D eigenvalue weighted by molar-refractivity contribution is -0.530. The Morgan fingerprint density at radius 2 is 1.78 bits per heavy atom. The zero-order valence-corrected chi connectivity index (χ0v) is 15.2. The number of benzene rings is 2. The van der Waals surface area contributed by atoms with Crippen LogP contribution < -0.4 is 0 Å². The zero-order valence-electron chi connectivity index (χ0n) is 15.2. The minimum atomic E-state index is -0.910. The molecule has 1 aliphatic rings. The first kappa shape index (κ1) is 18.6. The number of allylic oxidation sites excluding steroid dienone is 1. The molecule has 2 aromatic rings. The Morgan fingerprint density at radius 1 is 1.15 bits per heavy atom. The van der Waals surface area contributed by atoms with Crippen molar-refractivity contribution in [2.45, 2.75) is 38.5 Å². The molecule has 6 nitrogen and oxygen atoms in total. The van der Waals surface area contributed by atoms with Gasteiger partial charge in [-0.25, -0.2) is 4.79 Å². The van der Waals surface area contributed by atoms with Crippen LogP contribution >= 0.6 is 0 Å². The standard InChI is InChI=1S/C21H22N2O4/c1-2-18-13-14-19(23(25)26)20(17-11-7-4-8-12-17)22(18)21(24)27-15-16-9-5-3-6-10-16/h3-13,19-20H,2,14-15H2,1H3/t19?,20-/m0/s1. The number of hydrogen-bond donors (Lipinski definition) is 0. The second kappa shape index (κ2) is 8.49. The number of nitro groups is 1. The van der Waals surface area contributed by atoms with E-state index in [0.29, 0.717) is 6.42 Å². The number of nitrogens with zero attached hydrogens (tertiary/aromatic N) is 2. The Morgan fingerprint density at radius 3 is 2.37 bits per heavy atom. The SMILES string of the molecule is CCC1=CCC([N+](=O)[O-])[C@H](c2ccccc2)N1C(=O)OCc1ccccc1. The summed E-state index contributed by atoms with van der Waals surface area (Å²) in [7, 11) is 0. The first-order valence-electron chi connectivity index (χ1n) is 8.99. The number of hydrogen-bond acceptors (Lipinski definition) is 4. The summed E-state index contributed by atoms with van der Waals surface area (Å²) >= 11 is 0. The van der Waals surface area contributed by atoms with E-state index in [2.05, 4.69) is 0 Å². The Hall–Kier alpha value is -3.15. The minimum Gasteiger partial charge on any atom is -0.444 e. The quantitative estimate of drug-likeness (QED) is 0.567. The fourth-order valence-corrected chi connectivity index (χ4v) is 3.39. The van der Waals surface area contributed by atoms with E-state index < -0.39 is 18.2 Å². The summed E-state index contributed by atoms with van der Waals surface area (Å²) in [5.41, 5.74) is 2.35. The van der Waals surface area contributed by atoms with Crippen LogP contribution in [0.4, 0.5) is 4.79 Å². The van der Waals surface area contributed by atoms with Gasteiger partial charge in [0.2, 0.25) is 6.04 Å². The van der Waals surface area contributed by atoms with Crippen LogP contribution in [0.25, 0.3) is 0 Å². The van der Waals surface area contributed by atoms with Gasteiger partial charge in [0.1, 0.15) is 12.6 Å². The molecule has 0 bridgehead atoms. The predicted octanol–water partition coefficient (Wildman–Crippen LogP) is 4.71. The van der Waals surface area contributed by atoms with Gasteiger partial charge in [-0.2, -0.15) is 0 Å². The monoisotopic (exact) mass is 366 g/mol. The van der Waals surface area contributed by atoms with E-state index in [9.17, 15) is 14.9 Å². The van der Waals surface area contributed by atoms with Crippen molar-refractivity contribution in [1.29, 1.82) is 0 Å². The molecule has 1 unspecified atom stereocenters. The Bertz CT molecular complexity index is 821. The van der Waals surface area contributed by atoms with Gasteiger partial charge in [-0.1, -0.05) is 73.7 Å². The van der Waals surface area contributed by atoms with Gasteiger partial charge >= 0.3 is 6.09 Å². The average molecular weight is 366 g/mol. The highest BCUT2D eigenvalue weighted by Crippen LogP contribution is 2.37. The maximum atomic E-state index is 12.9. The third-order valence-corrected chi connectivity index (χ3v) is 4.72. The number of rotatable bonds is 5. The predicted molar refractivity (Wildman–Crippen MR) is 101 cm³/mol. The molecule has 27 heavy (non-hydrogen) atoms. The summed E-state index contributed by atoms with van der Waals surface area (Å²) in [5, 5.41) is 11.7. The van der Waals surface area contributed by atoms with E-state index >= 15 is 0 Å². The number of carbonyl (C=O) groups excluding carboxylic acids is 1. The zero-order chi connectivity index (χ0) is 19.2. The number of ether oxygens (including phenoxy) is 1. The molecule has 0 aromatic heterocycles. The highest BCUT2D eigenvalue weighted by Gasteiger charge is 2.43. The summed E-state index contributed by atoms with van der Waals surface area (Å²) in [4.78, 5) is 25.8. The highest BCUT2D eigenvalue weighted by molar-refractivity contribution is 5.71. The molecule has 2 aromatic carbocycles. The van der Waals surface area contributed by atoms with Crippen molar-refractivity contribution >= 4 is 6.09 Å². The van der Waals surface area contributed by atoms with Crippen molar-refractivity contribution in [3.05, 3.63) is 93.7 Å². The second-order valence-electron chi connectivity index (χ2n) is 6.40.